The Balaban J connectivity index is 1.53. The molecule has 0 spiro atoms. The molecule has 33 heavy (non-hydrogen) atoms. The van der Waals surface area contributed by atoms with Gasteiger partial charge in [0.25, 0.3) is 5.91 Å². The predicted molar refractivity (Wildman–Crippen MR) is 119 cm³/mol. The number of anilines is 3. The number of benzene rings is 1. The highest BCUT2D eigenvalue weighted by molar-refractivity contribution is 6.09. The van der Waals surface area contributed by atoms with E-state index in [0.717, 1.165) is 5.69 Å². The Labute approximate surface area is 189 Å². The third kappa shape index (κ3) is 4.15. The van der Waals surface area contributed by atoms with Crippen LogP contribution in [0.15, 0.2) is 35.0 Å². The van der Waals surface area contributed by atoms with Gasteiger partial charge in [0.1, 0.15) is 0 Å². The number of carbonyl (C=O) groups is 2. The number of pyridine rings is 1. The summed E-state index contributed by atoms with van der Waals surface area (Å²) < 4.78 is 16.1. The Morgan fingerprint density at radius 3 is 2.76 bits per heavy atom. The SMILES string of the molecule is COc1cc2c(cc1OC)C(=O)N(c1nnc(C(=O)Nc3cnccc3N(C)CCN)o1)C2. The monoisotopic (exact) mass is 453 g/mol. The van der Waals surface area contributed by atoms with Crippen LogP contribution >= 0.6 is 0 Å². The summed E-state index contributed by atoms with van der Waals surface area (Å²) in [5.41, 5.74) is 7.96. The second-order valence-corrected chi connectivity index (χ2v) is 7.20. The first-order valence-electron chi connectivity index (χ1n) is 10.0. The number of hydrogen-bond donors (Lipinski definition) is 2. The number of aromatic nitrogens is 3. The van der Waals surface area contributed by atoms with E-state index in [1.54, 1.807) is 24.4 Å². The van der Waals surface area contributed by atoms with Gasteiger partial charge < -0.3 is 29.8 Å². The molecule has 3 heterocycles. The Hall–Kier alpha value is -4.19. The smallest absolute Gasteiger partial charge is 0.326 e. The highest BCUT2D eigenvalue weighted by atomic mass is 16.5. The van der Waals surface area contributed by atoms with Crippen molar-refractivity contribution < 1.29 is 23.5 Å². The molecule has 1 aromatic carbocycles. The zero-order valence-electron chi connectivity index (χ0n) is 18.4. The van der Waals surface area contributed by atoms with Crippen LogP contribution in [0.25, 0.3) is 0 Å². The Morgan fingerprint density at radius 2 is 2.03 bits per heavy atom. The second-order valence-electron chi connectivity index (χ2n) is 7.20. The van der Waals surface area contributed by atoms with Crippen LogP contribution in [0.5, 0.6) is 11.5 Å². The van der Waals surface area contributed by atoms with E-state index in [4.69, 9.17) is 19.6 Å². The molecule has 0 saturated carbocycles. The molecule has 2 aromatic heterocycles. The highest BCUT2D eigenvalue weighted by Gasteiger charge is 2.34. The van der Waals surface area contributed by atoms with Crippen LogP contribution in [0.1, 0.15) is 26.6 Å². The van der Waals surface area contributed by atoms with E-state index >= 15 is 0 Å². The first kappa shape index (κ1) is 22.0. The fourth-order valence-electron chi connectivity index (χ4n) is 3.52. The molecule has 0 fully saturated rings. The molecule has 1 aliphatic rings. The second kappa shape index (κ2) is 9.12. The fraction of sp³-hybridized carbons (Fsp3) is 0.286. The van der Waals surface area contributed by atoms with Crippen LogP contribution in [-0.2, 0) is 6.54 Å². The molecule has 172 valence electrons. The number of hydrogen-bond acceptors (Lipinski definition) is 10. The summed E-state index contributed by atoms with van der Waals surface area (Å²) in [6.07, 6.45) is 3.13. The van der Waals surface area contributed by atoms with Crippen molar-refractivity contribution >= 4 is 29.2 Å². The van der Waals surface area contributed by atoms with Crippen molar-refractivity contribution in [3.63, 3.8) is 0 Å². The molecule has 0 aliphatic carbocycles. The maximum absolute atomic E-state index is 12.9. The van der Waals surface area contributed by atoms with Crippen molar-refractivity contribution in [2.75, 3.05) is 49.5 Å². The molecule has 0 saturated heterocycles. The summed E-state index contributed by atoms with van der Waals surface area (Å²) in [7, 11) is 4.86. The normalized spacial score (nSPS) is 12.5. The number of nitrogens with zero attached hydrogens (tertiary/aromatic N) is 5. The standard InChI is InChI=1S/C21H23N7O5/c1-27(7-5-22)15-4-6-23-10-14(15)24-18(29)19-25-26-21(33-19)28-11-12-8-16(31-2)17(32-3)9-13(12)20(28)30/h4,6,8-10H,5,7,11,22H2,1-3H3,(H,24,29). The number of nitrogens with one attached hydrogen (secondary N) is 1. The van der Waals surface area contributed by atoms with Crippen LogP contribution in [0, 0.1) is 0 Å². The molecule has 12 nitrogen and oxygen atoms in total. The number of carbonyl (C=O) groups excluding carboxylic acids is 2. The first-order chi connectivity index (χ1) is 16.0. The van der Waals surface area contributed by atoms with Gasteiger partial charge in [0.15, 0.2) is 11.5 Å². The predicted octanol–water partition coefficient (Wildman–Crippen LogP) is 1.29. The summed E-state index contributed by atoms with van der Waals surface area (Å²) in [6.45, 7) is 1.22. The van der Waals surface area contributed by atoms with E-state index in [-0.39, 0.29) is 24.4 Å². The zero-order valence-corrected chi connectivity index (χ0v) is 18.4. The Morgan fingerprint density at radius 1 is 1.27 bits per heavy atom. The average Bonchev–Trinajstić information content (AvgIpc) is 3.43. The van der Waals surface area contributed by atoms with Crippen molar-refractivity contribution in [3.8, 4) is 11.5 Å². The van der Waals surface area contributed by atoms with E-state index in [9.17, 15) is 9.59 Å². The van der Waals surface area contributed by atoms with E-state index in [1.165, 1.54) is 25.3 Å². The topological polar surface area (TPSA) is 149 Å². The van der Waals surface area contributed by atoms with Crippen LogP contribution in [0.4, 0.5) is 17.4 Å². The molecule has 4 rings (SSSR count). The minimum absolute atomic E-state index is 0.0917. The molecule has 1 aliphatic heterocycles. The van der Waals surface area contributed by atoms with Gasteiger partial charge in [-0.15, -0.1) is 5.10 Å². The van der Waals surface area contributed by atoms with Crippen molar-refractivity contribution in [1.29, 1.82) is 0 Å². The lowest BCUT2D eigenvalue weighted by Crippen LogP contribution is -2.26. The number of amides is 2. The molecular formula is C21H23N7O5. The van der Waals surface area contributed by atoms with Gasteiger partial charge in [-0.1, -0.05) is 5.10 Å². The highest BCUT2D eigenvalue weighted by Crippen LogP contribution is 2.36. The van der Waals surface area contributed by atoms with Gasteiger partial charge in [-0.2, -0.15) is 0 Å². The molecule has 3 aromatic rings. The van der Waals surface area contributed by atoms with Crippen LogP contribution in [0.3, 0.4) is 0 Å². The van der Waals surface area contributed by atoms with E-state index < -0.39 is 5.91 Å². The van der Waals surface area contributed by atoms with Crippen LogP contribution in [0.2, 0.25) is 0 Å². The van der Waals surface area contributed by atoms with Crippen molar-refractivity contribution in [2.45, 2.75) is 6.54 Å². The summed E-state index contributed by atoms with van der Waals surface area (Å²) in [5, 5.41) is 10.4. The lowest BCUT2D eigenvalue weighted by atomic mass is 10.1. The molecule has 0 atom stereocenters. The van der Waals surface area contributed by atoms with Crippen molar-refractivity contribution in [3.05, 3.63) is 47.6 Å². The molecule has 0 unspecified atom stereocenters. The van der Waals surface area contributed by atoms with E-state index in [1.807, 2.05) is 11.9 Å². The van der Waals surface area contributed by atoms with Gasteiger partial charge >= 0.3 is 17.8 Å². The minimum Gasteiger partial charge on any atom is -0.493 e. The largest absolute Gasteiger partial charge is 0.493 e. The Kier molecular flexibility index (Phi) is 6.09. The summed E-state index contributed by atoms with van der Waals surface area (Å²) >= 11 is 0. The third-order valence-electron chi connectivity index (χ3n) is 5.17. The number of likely N-dealkylation sites (N-methyl/N-ethyl adjacent to an activating group) is 1. The van der Waals surface area contributed by atoms with Crippen molar-refractivity contribution in [2.24, 2.45) is 5.73 Å². The van der Waals surface area contributed by atoms with E-state index in [0.29, 0.717) is 41.4 Å². The minimum atomic E-state index is -0.628. The van der Waals surface area contributed by atoms with Gasteiger partial charge in [-0.05, 0) is 23.8 Å². The number of fused-ring (bicyclic) bond motifs is 1. The summed E-state index contributed by atoms with van der Waals surface area (Å²) in [5.74, 6) is -0.330. The van der Waals surface area contributed by atoms with Gasteiger partial charge in [0, 0.05) is 31.9 Å². The maximum atomic E-state index is 12.9. The molecule has 3 N–H and O–H groups in total. The van der Waals surface area contributed by atoms with E-state index in [2.05, 4.69) is 20.5 Å². The lowest BCUT2D eigenvalue weighted by Gasteiger charge is -2.21. The number of rotatable bonds is 8. The quantitative estimate of drug-likeness (QED) is 0.511. The van der Waals surface area contributed by atoms with Crippen molar-refractivity contribution in [1.82, 2.24) is 15.2 Å². The molecule has 2 amide bonds. The average molecular weight is 453 g/mol. The molecular weight excluding hydrogens is 430 g/mol. The number of methoxy groups -OCH3 is 2. The van der Waals surface area contributed by atoms with Gasteiger partial charge in [0.2, 0.25) is 0 Å². The molecule has 0 radical (unpaired) electrons. The number of nitrogens with two attached hydrogens (primary N) is 1. The number of ether oxygens (including phenoxy) is 2. The first-order valence-corrected chi connectivity index (χ1v) is 10.0. The third-order valence-corrected chi connectivity index (χ3v) is 5.17. The lowest BCUT2D eigenvalue weighted by molar-refractivity contribution is 0.0971. The Bertz CT molecular complexity index is 1200. The van der Waals surface area contributed by atoms with Gasteiger partial charge in [-0.3, -0.25) is 19.5 Å². The van der Waals surface area contributed by atoms with Crippen LogP contribution in [-0.4, -0.2) is 61.4 Å². The maximum Gasteiger partial charge on any atom is 0.326 e. The van der Waals surface area contributed by atoms with Gasteiger partial charge in [0.05, 0.1) is 38.3 Å². The summed E-state index contributed by atoms with van der Waals surface area (Å²) in [4.78, 5) is 32.8. The molecule has 12 heteroatoms. The summed E-state index contributed by atoms with van der Waals surface area (Å²) in [6, 6.07) is 4.98. The molecule has 0 bridgehead atoms. The zero-order chi connectivity index (χ0) is 23.5. The van der Waals surface area contributed by atoms with Crippen LogP contribution < -0.4 is 30.3 Å². The van der Waals surface area contributed by atoms with Gasteiger partial charge in [-0.25, -0.2) is 0 Å². The fourth-order valence-corrected chi connectivity index (χ4v) is 3.52.